The lowest BCUT2D eigenvalue weighted by Crippen LogP contribution is -2.33. The maximum Gasteiger partial charge on any atom is 0.170 e. The Kier molecular flexibility index (Phi) is 4.81. The second-order valence-electron chi connectivity index (χ2n) is 5.98. The molecule has 2 rings (SSSR count). The summed E-state index contributed by atoms with van der Waals surface area (Å²) in [5.41, 5.74) is 0.561. The number of rotatable bonds is 6. The molecule has 0 spiro atoms. The minimum Gasteiger partial charge on any atom is -0.491 e. The first kappa shape index (κ1) is 15.0. The van der Waals surface area contributed by atoms with Crippen LogP contribution in [0, 0.1) is 5.41 Å². The SMILES string of the molecule is CCCC1(C(=O)c2cccc(OC(C)C)c2)CCNC1. The van der Waals surface area contributed by atoms with Gasteiger partial charge in [-0.15, -0.1) is 0 Å². The van der Waals surface area contributed by atoms with Gasteiger partial charge in [0, 0.05) is 17.5 Å². The summed E-state index contributed by atoms with van der Waals surface area (Å²) in [5.74, 6) is 1.04. The Labute approximate surface area is 121 Å². The molecule has 1 heterocycles. The van der Waals surface area contributed by atoms with Crippen LogP contribution in [0.5, 0.6) is 5.75 Å². The molecule has 0 aromatic heterocycles. The van der Waals surface area contributed by atoms with E-state index >= 15 is 0 Å². The second-order valence-corrected chi connectivity index (χ2v) is 5.98. The summed E-state index contributed by atoms with van der Waals surface area (Å²) >= 11 is 0. The summed E-state index contributed by atoms with van der Waals surface area (Å²) in [6.07, 6.45) is 3.05. The Morgan fingerprint density at radius 3 is 2.85 bits per heavy atom. The Bertz CT molecular complexity index is 462. The first-order valence-corrected chi connectivity index (χ1v) is 7.59. The van der Waals surface area contributed by atoms with Crippen LogP contribution in [0.25, 0.3) is 0 Å². The van der Waals surface area contributed by atoms with E-state index in [1.54, 1.807) is 0 Å². The lowest BCUT2D eigenvalue weighted by atomic mass is 9.76. The van der Waals surface area contributed by atoms with Crippen LogP contribution < -0.4 is 10.1 Å². The fourth-order valence-corrected chi connectivity index (χ4v) is 3.03. The summed E-state index contributed by atoms with van der Waals surface area (Å²) in [6, 6.07) is 7.62. The van der Waals surface area contributed by atoms with Crippen molar-refractivity contribution in [3.8, 4) is 5.75 Å². The van der Waals surface area contributed by atoms with Crippen molar-refractivity contribution in [1.29, 1.82) is 0 Å². The second kappa shape index (κ2) is 6.40. The topological polar surface area (TPSA) is 38.3 Å². The third-order valence-corrected chi connectivity index (χ3v) is 3.92. The largest absolute Gasteiger partial charge is 0.491 e. The van der Waals surface area contributed by atoms with Gasteiger partial charge in [-0.1, -0.05) is 25.5 Å². The molecule has 1 aromatic rings. The van der Waals surface area contributed by atoms with E-state index < -0.39 is 0 Å². The summed E-state index contributed by atoms with van der Waals surface area (Å²) in [5, 5.41) is 3.34. The van der Waals surface area contributed by atoms with Crippen LogP contribution in [0.2, 0.25) is 0 Å². The standard InChI is InChI=1S/C17H25NO2/c1-4-8-17(9-10-18-12-17)16(19)14-6-5-7-15(11-14)20-13(2)3/h5-7,11,13,18H,4,8-10,12H2,1-3H3. The average molecular weight is 275 g/mol. The van der Waals surface area contributed by atoms with Crippen molar-refractivity contribution >= 4 is 5.78 Å². The number of hydrogen-bond acceptors (Lipinski definition) is 3. The van der Waals surface area contributed by atoms with Crippen molar-refractivity contribution in [3.05, 3.63) is 29.8 Å². The summed E-state index contributed by atoms with van der Waals surface area (Å²) in [6.45, 7) is 7.87. The zero-order valence-corrected chi connectivity index (χ0v) is 12.7. The van der Waals surface area contributed by atoms with Gasteiger partial charge in [-0.25, -0.2) is 0 Å². The van der Waals surface area contributed by atoms with Gasteiger partial charge in [0.2, 0.25) is 0 Å². The molecule has 0 aliphatic carbocycles. The molecule has 0 amide bonds. The smallest absolute Gasteiger partial charge is 0.170 e. The quantitative estimate of drug-likeness (QED) is 0.808. The van der Waals surface area contributed by atoms with E-state index in [1.165, 1.54) is 0 Å². The third-order valence-electron chi connectivity index (χ3n) is 3.92. The molecule has 0 saturated carbocycles. The number of ether oxygens (including phenoxy) is 1. The van der Waals surface area contributed by atoms with E-state index in [0.29, 0.717) is 0 Å². The van der Waals surface area contributed by atoms with Gasteiger partial charge in [0.25, 0.3) is 0 Å². The number of hydrogen-bond donors (Lipinski definition) is 1. The zero-order chi connectivity index (χ0) is 14.6. The fraction of sp³-hybridized carbons (Fsp3) is 0.588. The highest BCUT2D eigenvalue weighted by Crippen LogP contribution is 2.35. The van der Waals surface area contributed by atoms with Crippen molar-refractivity contribution in [2.45, 2.75) is 46.1 Å². The first-order chi connectivity index (χ1) is 9.57. The van der Waals surface area contributed by atoms with Crippen LogP contribution in [0.1, 0.15) is 50.4 Å². The molecule has 0 bridgehead atoms. The van der Waals surface area contributed by atoms with Crippen LogP contribution in [0.3, 0.4) is 0 Å². The van der Waals surface area contributed by atoms with Gasteiger partial charge in [-0.05, 0) is 45.4 Å². The number of nitrogens with one attached hydrogen (secondary N) is 1. The molecule has 3 heteroatoms. The van der Waals surface area contributed by atoms with Crippen LogP contribution in [-0.4, -0.2) is 25.0 Å². The van der Waals surface area contributed by atoms with Gasteiger partial charge >= 0.3 is 0 Å². The molecule has 0 radical (unpaired) electrons. The van der Waals surface area contributed by atoms with E-state index in [0.717, 1.165) is 43.7 Å². The molecule has 1 fully saturated rings. The van der Waals surface area contributed by atoms with E-state index in [9.17, 15) is 4.79 Å². The Morgan fingerprint density at radius 1 is 1.45 bits per heavy atom. The molecular weight excluding hydrogens is 250 g/mol. The highest BCUT2D eigenvalue weighted by molar-refractivity contribution is 6.01. The first-order valence-electron chi connectivity index (χ1n) is 7.59. The van der Waals surface area contributed by atoms with Crippen molar-refractivity contribution in [3.63, 3.8) is 0 Å². The predicted octanol–water partition coefficient (Wildman–Crippen LogP) is 3.44. The van der Waals surface area contributed by atoms with E-state index in [-0.39, 0.29) is 17.3 Å². The molecular formula is C17H25NO2. The van der Waals surface area contributed by atoms with Crippen molar-refractivity contribution in [2.24, 2.45) is 5.41 Å². The van der Waals surface area contributed by atoms with E-state index in [2.05, 4.69) is 12.2 Å². The van der Waals surface area contributed by atoms with Crippen molar-refractivity contribution < 1.29 is 9.53 Å². The maximum absolute atomic E-state index is 12.9. The molecule has 1 aliphatic rings. The highest BCUT2D eigenvalue weighted by atomic mass is 16.5. The molecule has 1 unspecified atom stereocenters. The number of carbonyl (C=O) groups excluding carboxylic acids is 1. The van der Waals surface area contributed by atoms with Gasteiger partial charge in [0.15, 0.2) is 5.78 Å². The van der Waals surface area contributed by atoms with Crippen molar-refractivity contribution in [1.82, 2.24) is 5.32 Å². The number of carbonyl (C=O) groups is 1. The lowest BCUT2D eigenvalue weighted by molar-refractivity contribution is 0.0801. The zero-order valence-electron chi connectivity index (χ0n) is 12.7. The van der Waals surface area contributed by atoms with Crippen molar-refractivity contribution in [2.75, 3.05) is 13.1 Å². The molecule has 1 N–H and O–H groups in total. The van der Waals surface area contributed by atoms with E-state index in [1.807, 2.05) is 38.1 Å². The Balaban J connectivity index is 2.23. The third kappa shape index (κ3) is 3.21. The molecule has 1 aromatic carbocycles. The summed E-state index contributed by atoms with van der Waals surface area (Å²) in [4.78, 5) is 12.9. The van der Waals surface area contributed by atoms with Crippen LogP contribution in [-0.2, 0) is 0 Å². The van der Waals surface area contributed by atoms with Gasteiger partial charge in [-0.3, -0.25) is 4.79 Å². The molecule has 110 valence electrons. The summed E-state index contributed by atoms with van der Waals surface area (Å²) < 4.78 is 5.69. The fourth-order valence-electron chi connectivity index (χ4n) is 3.03. The monoisotopic (exact) mass is 275 g/mol. The summed E-state index contributed by atoms with van der Waals surface area (Å²) in [7, 11) is 0. The molecule has 3 nitrogen and oxygen atoms in total. The predicted molar refractivity (Wildman–Crippen MR) is 81.4 cm³/mol. The number of Topliss-reactive ketones (excluding diaryl/α,β-unsaturated/α-hetero) is 1. The normalized spacial score (nSPS) is 22.2. The van der Waals surface area contributed by atoms with Crippen LogP contribution in [0.15, 0.2) is 24.3 Å². The van der Waals surface area contributed by atoms with Gasteiger partial charge in [0.05, 0.1) is 6.10 Å². The molecule has 1 atom stereocenters. The lowest BCUT2D eigenvalue weighted by Gasteiger charge is -2.26. The van der Waals surface area contributed by atoms with Crippen LogP contribution in [0.4, 0.5) is 0 Å². The van der Waals surface area contributed by atoms with Gasteiger partial charge in [-0.2, -0.15) is 0 Å². The minimum absolute atomic E-state index is 0.123. The number of benzene rings is 1. The average Bonchev–Trinajstić information content (AvgIpc) is 2.87. The van der Waals surface area contributed by atoms with Crippen LogP contribution >= 0.6 is 0 Å². The Morgan fingerprint density at radius 2 is 2.25 bits per heavy atom. The van der Waals surface area contributed by atoms with Gasteiger partial charge < -0.3 is 10.1 Å². The van der Waals surface area contributed by atoms with E-state index in [4.69, 9.17) is 4.74 Å². The minimum atomic E-state index is -0.217. The molecule has 1 saturated heterocycles. The maximum atomic E-state index is 12.9. The molecule has 20 heavy (non-hydrogen) atoms. The van der Waals surface area contributed by atoms with Gasteiger partial charge in [0.1, 0.15) is 5.75 Å². The number of ketones is 1. The highest BCUT2D eigenvalue weighted by Gasteiger charge is 2.40. The Hall–Kier alpha value is -1.35. The molecule has 1 aliphatic heterocycles.